The van der Waals surface area contributed by atoms with E-state index in [1.807, 2.05) is 0 Å². The van der Waals surface area contributed by atoms with Crippen LogP contribution in [0.3, 0.4) is 0 Å². The summed E-state index contributed by atoms with van der Waals surface area (Å²) < 4.78 is 12.7. The summed E-state index contributed by atoms with van der Waals surface area (Å²) in [6, 6.07) is 21.5. The Morgan fingerprint density at radius 1 is 1.00 bits per heavy atom. The molecule has 0 bridgehead atoms. The van der Waals surface area contributed by atoms with Crippen LogP contribution in [0.4, 0.5) is 0 Å². The van der Waals surface area contributed by atoms with Crippen molar-refractivity contribution in [2.45, 2.75) is 33.3 Å². The molecule has 0 saturated carbocycles. The summed E-state index contributed by atoms with van der Waals surface area (Å²) in [5.41, 5.74) is 2.62. The zero-order valence-electron chi connectivity index (χ0n) is 16.2. The molecule has 26 heavy (non-hydrogen) atoms. The highest BCUT2D eigenvalue weighted by atomic mass is 28.4. The number of rotatable bonds is 5. The summed E-state index contributed by atoms with van der Waals surface area (Å²) in [5, 5.41) is 3.90. The van der Waals surface area contributed by atoms with Gasteiger partial charge in [-0.2, -0.15) is 0 Å². The molecular weight excluding hydrogens is 336 g/mol. The molecule has 2 aromatic carbocycles. The number of ether oxygens (including phenoxy) is 1. The molecule has 1 atom stereocenters. The van der Waals surface area contributed by atoms with Crippen molar-refractivity contribution in [1.82, 2.24) is 0 Å². The number of hydrogen-bond donors (Lipinski definition) is 0. The van der Waals surface area contributed by atoms with Gasteiger partial charge in [0.05, 0.1) is 12.7 Å². The maximum Gasteiger partial charge on any atom is 0.288 e. The van der Waals surface area contributed by atoms with Gasteiger partial charge in [0.2, 0.25) is 0 Å². The first-order chi connectivity index (χ1) is 12.7. The van der Waals surface area contributed by atoms with E-state index in [2.05, 4.69) is 87.5 Å². The van der Waals surface area contributed by atoms with E-state index >= 15 is 0 Å². The monoisotopic (exact) mass is 364 g/mol. The molecule has 136 valence electrons. The van der Waals surface area contributed by atoms with Gasteiger partial charge in [-0.15, -0.1) is 0 Å². The van der Waals surface area contributed by atoms with Crippen molar-refractivity contribution >= 4 is 18.7 Å². The van der Waals surface area contributed by atoms with Crippen molar-refractivity contribution in [3.63, 3.8) is 0 Å². The van der Waals surface area contributed by atoms with Gasteiger partial charge in [0.1, 0.15) is 0 Å². The fraction of sp³-hybridized carbons (Fsp3) is 0.304. The highest BCUT2D eigenvalue weighted by Gasteiger charge is 2.49. The van der Waals surface area contributed by atoms with Crippen molar-refractivity contribution < 1.29 is 9.16 Å². The molecule has 0 N–H and O–H groups in total. The summed E-state index contributed by atoms with van der Waals surface area (Å²) in [5.74, 6) is 0. The summed E-state index contributed by atoms with van der Waals surface area (Å²) in [6.45, 7) is 7.15. The Hall–Kier alpha value is -1.94. The van der Waals surface area contributed by atoms with E-state index in [9.17, 15) is 0 Å². The highest BCUT2D eigenvalue weighted by molar-refractivity contribution is 7.03. The molecule has 0 amide bonds. The number of allylic oxidation sites excluding steroid dienone is 1. The topological polar surface area (TPSA) is 18.5 Å². The van der Waals surface area contributed by atoms with Gasteiger partial charge in [0.15, 0.2) is 0 Å². The lowest BCUT2D eigenvalue weighted by molar-refractivity contribution is 0.203. The van der Waals surface area contributed by atoms with Crippen LogP contribution in [0, 0.1) is 0 Å². The molecule has 0 saturated heterocycles. The third kappa shape index (κ3) is 3.11. The van der Waals surface area contributed by atoms with Crippen LogP contribution in [0.5, 0.6) is 0 Å². The van der Waals surface area contributed by atoms with Crippen molar-refractivity contribution in [3.05, 3.63) is 83.1 Å². The number of hydrogen-bond acceptors (Lipinski definition) is 2. The van der Waals surface area contributed by atoms with E-state index in [0.717, 1.165) is 6.42 Å². The van der Waals surface area contributed by atoms with Gasteiger partial charge in [0, 0.05) is 7.11 Å². The number of methoxy groups -OCH3 is 1. The van der Waals surface area contributed by atoms with E-state index in [-0.39, 0.29) is 6.10 Å². The Balaban J connectivity index is 2.33. The molecule has 3 heteroatoms. The first-order valence-electron chi connectivity index (χ1n) is 9.33. The van der Waals surface area contributed by atoms with Crippen LogP contribution in [-0.4, -0.2) is 28.1 Å². The van der Waals surface area contributed by atoms with E-state index in [1.165, 1.54) is 26.7 Å². The lowest BCUT2D eigenvalue weighted by Gasteiger charge is -2.44. The minimum Gasteiger partial charge on any atom is -0.397 e. The van der Waals surface area contributed by atoms with Gasteiger partial charge in [-0.3, -0.25) is 0 Å². The van der Waals surface area contributed by atoms with Crippen LogP contribution < -0.4 is 10.4 Å². The Kier molecular flexibility index (Phi) is 5.92. The molecule has 1 aliphatic heterocycles. The van der Waals surface area contributed by atoms with E-state index in [1.54, 1.807) is 7.11 Å². The zero-order valence-corrected chi connectivity index (χ0v) is 17.2. The largest absolute Gasteiger partial charge is 0.397 e. The van der Waals surface area contributed by atoms with Gasteiger partial charge in [-0.25, -0.2) is 0 Å². The van der Waals surface area contributed by atoms with Gasteiger partial charge in [-0.05, 0) is 47.0 Å². The second kappa shape index (κ2) is 8.17. The van der Waals surface area contributed by atoms with Crippen molar-refractivity contribution in [2.24, 2.45) is 0 Å². The molecule has 2 nitrogen and oxygen atoms in total. The molecule has 1 heterocycles. The number of benzene rings is 2. The summed E-state index contributed by atoms with van der Waals surface area (Å²) >= 11 is 0. The third-order valence-electron chi connectivity index (χ3n) is 5.29. The quantitative estimate of drug-likeness (QED) is 0.747. The standard InChI is InChI=1S/C23H28O2Si/c1-5-22-18(3)21(17-24-4)23(6-2)26(25-22,19-13-9-7-10-14-19)20-15-11-8-12-16-20/h6-16,22H,5,17H2,1-4H3/b23-6+. The molecule has 0 spiro atoms. The van der Waals surface area contributed by atoms with E-state index < -0.39 is 8.32 Å². The average Bonchev–Trinajstić information content (AvgIpc) is 2.71. The molecule has 0 radical (unpaired) electrons. The van der Waals surface area contributed by atoms with Gasteiger partial charge in [0.25, 0.3) is 8.32 Å². The van der Waals surface area contributed by atoms with Crippen molar-refractivity contribution in [3.8, 4) is 0 Å². The lowest BCUT2D eigenvalue weighted by Crippen LogP contribution is -2.66. The first kappa shape index (κ1) is 18.8. The van der Waals surface area contributed by atoms with Gasteiger partial charge < -0.3 is 9.16 Å². The SMILES string of the molecule is C/C=C1\C(COC)=C(C)C(CC)O[Si]1(c1ccccc1)c1ccccc1. The molecule has 0 fully saturated rings. The van der Waals surface area contributed by atoms with Crippen LogP contribution in [0.25, 0.3) is 0 Å². The lowest BCUT2D eigenvalue weighted by atomic mass is 10.0. The van der Waals surface area contributed by atoms with Crippen molar-refractivity contribution in [1.29, 1.82) is 0 Å². The summed E-state index contributed by atoms with van der Waals surface area (Å²) in [6.07, 6.45) is 3.33. The van der Waals surface area contributed by atoms with Crippen LogP contribution >= 0.6 is 0 Å². The Morgan fingerprint density at radius 2 is 1.54 bits per heavy atom. The fourth-order valence-corrected chi connectivity index (χ4v) is 8.60. The molecule has 2 aromatic rings. The highest BCUT2D eigenvalue weighted by Crippen LogP contribution is 2.36. The Bertz CT molecular complexity index is 754. The maximum absolute atomic E-state index is 7.04. The molecular formula is C23H28O2Si. The predicted molar refractivity (Wildman–Crippen MR) is 111 cm³/mol. The molecule has 1 unspecified atom stereocenters. The third-order valence-corrected chi connectivity index (χ3v) is 9.57. The van der Waals surface area contributed by atoms with E-state index in [4.69, 9.17) is 9.16 Å². The molecule has 1 aliphatic rings. The van der Waals surface area contributed by atoms with E-state index in [0.29, 0.717) is 6.61 Å². The predicted octanol–water partition coefficient (Wildman–Crippen LogP) is 4.00. The smallest absolute Gasteiger partial charge is 0.288 e. The molecule has 0 aliphatic carbocycles. The summed E-state index contributed by atoms with van der Waals surface area (Å²) in [7, 11) is -0.791. The van der Waals surface area contributed by atoms with Crippen LogP contribution in [-0.2, 0) is 9.16 Å². The minimum absolute atomic E-state index is 0.121. The first-order valence-corrected chi connectivity index (χ1v) is 11.2. The second-order valence-corrected chi connectivity index (χ2v) is 10.0. The normalized spacial score (nSPS) is 21.2. The van der Waals surface area contributed by atoms with Crippen LogP contribution in [0.15, 0.2) is 83.1 Å². The molecule has 0 aromatic heterocycles. The second-order valence-electron chi connectivity index (χ2n) is 6.72. The Morgan fingerprint density at radius 3 is 1.96 bits per heavy atom. The zero-order chi connectivity index (χ0) is 18.6. The fourth-order valence-electron chi connectivity index (χ4n) is 4.05. The average molecular weight is 365 g/mol. The van der Waals surface area contributed by atoms with Crippen LogP contribution in [0.2, 0.25) is 0 Å². The maximum atomic E-state index is 7.04. The summed E-state index contributed by atoms with van der Waals surface area (Å²) in [4.78, 5) is 0. The van der Waals surface area contributed by atoms with Gasteiger partial charge >= 0.3 is 0 Å². The Labute approximate surface area is 158 Å². The minimum atomic E-state index is -2.57. The van der Waals surface area contributed by atoms with Crippen LogP contribution in [0.1, 0.15) is 27.2 Å². The van der Waals surface area contributed by atoms with Crippen molar-refractivity contribution in [2.75, 3.05) is 13.7 Å². The molecule has 3 rings (SSSR count). The van der Waals surface area contributed by atoms with Gasteiger partial charge in [-0.1, -0.05) is 73.7 Å².